The highest BCUT2D eigenvalue weighted by Gasteiger charge is 2.50. The number of fused-ring (bicyclic) bond motifs is 1. The lowest BCUT2D eigenvalue weighted by atomic mass is 9.94. The van der Waals surface area contributed by atoms with Crippen molar-refractivity contribution >= 4 is 6.09 Å². The normalized spacial score (nSPS) is 26.6. The summed E-state index contributed by atoms with van der Waals surface area (Å²) in [7, 11) is 0. The number of ether oxygens (including phenoxy) is 1. The first-order chi connectivity index (χ1) is 16.2. The Morgan fingerprint density at radius 1 is 1.03 bits per heavy atom. The molecule has 0 bridgehead atoms. The van der Waals surface area contributed by atoms with E-state index in [1.54, 1.807) is 4.90 Å². The standard InChI is InChI=1S/C25H34F5N3O2/c1-23(2,3)35-22(34)31-10-8-19(9-11-31)33-15-21-13-24(26,27)16-32(21)14-20(33)12-17-4-6-18(7-5-17)25(28,29)30/h4-7,19-21H,8-16H2,1-3H3. The fourth-order valence-corrected chi connectivity index (χ4v) is 5.56. The summed E-state index contributed by atoms with van der Waals surface area (Å²) >= 11 is 0. The highest BCUT2D eigenvalue weighted by atomic mass is 19.4. The lowest BCUT2D eigenvalue weighted by Crippen LogP contribution is -2.61. The van der Waals surface area contributed by atoms with Gasteiger partial charge in [-0.3, -0.25) is 9.80 Å². The smallest absolute Gasteiger partial charge is 0.416 e. The summed E-state index contributed by atoms with van der Waals surface area (Å²) in [6.07, 6.45) is -3.03. The molecule has 1 aromatic carbocycles. The van der Waals surface area contributed by atoms with Gasteiger partial charge in [0, 0.05) is 50.7 Å². The van der Waals surface area contributed by atoms with Crippen LogP contribution in [0.15, 0.2) is 24.3 Å². The van der Waals surface area contributed by atoms with Crippen molar-refractivity contribution in [2.45, 2.75) is 82.3 Å². The van der Waals surface area contributed by atoms with E-state index in [0.29, 0.717) is 45.4 Å². The SMILES string of the molecule is CC(C)(C)OC(=O)N1CCC(N2CC3CC(F)(F)CN3CC2Cc2ccc(C(F)(F)F)cc2)CC1. The predicted octanol–water partition coefficient (Wildman–Crippen LogP) is 5.04. The zero-order valence-electron chi connectivity index (χ0n) is 20.5. The van der Waals surface area contributed by atoms with E-state index in [1.165, 1.54) is 12.1 Å². The number of halogens is 5. The van der Waals surface area contributed by atoms with Crippen LogP contribution in [0.25, 0.3) is 0 Å². The van der Waals surface area contributed by atoms with E-state index in [4.69, 9.17) is 4.74 Å². The molecule has 3 aliphatic heterocycles. The van der Waals surface area contributed by atoms with Crippen LogP contribution in [0.1, 0.15) is 51.2 Å². The van der Waals surface area contributed by atoms with E-state index in [2.05, 4.69) is 4.90 Å². The van der Waals surface area contributed by atoms with Gasteiger partial charge in [0.05, 0.1) is 12.1 Å². The number of piperidine rings is 1. The molecule has 4 rings (SSSR count). The molecule has 2 atom stereocenters. The van der Waals surface area contributed by atoms with Gasteiger partial charge in [-0.15, -0.1) is 0 Å². The molecule has 0 radical (unpaired) electrons. The van der Waals surface area contributed by atoms with E-state index in [9.17, 15) is 26.7 Å². The van der Waals surface area contributed by atoms with E-state index in [-0.39, 0.29) is 37.2 Å². The van der Waals surface area contributed by atoms with Gasteiger partial charge in [-0.25, -0.2) is 13.6 Å². The van der Waals surface area contributed by atoms with Gasteiger partial charge in [0.1, 0.15) is 5.60 Å². The minimum absolute atomic E-state index is 0.0880. The van der Waals surface area contributed by atoms with Crippen LogP contribution < -0.4 is 0 Å². The Labute approximate surface area is 203 Å². The molecule has 0 spiro atoms. The van der Waals surface area contributed by atoms with Crippen molar-refractivity contribution in [3.63, 3.8) is 0 Å². The van der Waals surface area contributed by atoms with Gasteiger partial charge >= 0.3 is 12.3 Å². The average molecular weight is 504 g/mol. The molecular formula is C25H34F5N3O2. The largest absolute Gasteiger partial charge is 0.444 e. The lowest BCUT2D eigenvalue weighted by molar-refractivity contribution is -0.137. The summed E-state index contributed by atoms with van der Waals surface area (Å²) in [5.74, 6) is -2.72. The maximum Gasteiger partial charge on any atom is 0.416 e. The van der Waals surface area contributed by atoms with Crippen molar-refractivity contribution < 1.29 is 31.5 Å². The number of hydrogen-bond acceptors (Lipinski definition) is 4. The number of likely N-dealkylation sites (tertiary alicyclic amines) is 1. The molecule has 5 nitrogen and oxygen atoms in total. The summed E-state index contributed by atoms with van der Waals surface area (Å²) in [4.78, 5) is 18.2. The lowest BCUT2D eigenvalue weighted by Gasteiger charge is -2.49. The molecule has 196 valence electrons. The number of rotatable bonds is 3. The molecule has 0 N–H and O–H groups in total. The van der Waals surface area contributed by atoms with Gasteiger partial charge in [-0.05, 0) is 57.7 Å². The van der Waals surface area contributed by atoms with Crippen LogP contribution in [-0.4, -0.2) is 83.2 Å². The van der Waals surface area contributed by atoms with Crippen molar-refractivity contribution in [1.29, 1.82) is 0 Å². The van der Waals surface area contributed by atoms with E-state index >= 15 is 0 Å². The van der Waals surface area contributed by atoms with E-state index in [1.807, 2.05) is 25.7 Å². The zero-order chi connectivity index (χ0) is 25.6. The number of carbonyl (C=O) groups is 1. The van der Waals surface area contributed by atoms with Gasteiger partial charge in [-0.1, -0.05) is 12.1 Å². The monoisotopic (exact) mass is 503 g/mol. The molecule has 3 fully saturated rings. The Morgan fingerprint density at radius 2 is 1.66 bits per heavy atom. The first kappa shape index (κ1) is 26.1. The maximum atomic E-state index is 14.2. The fraction of sp³-hybridized carbons (Fsp3) is 0.720. The fourth-order valence-electron chi connectivity index (χ4n) is 5.56. The highest BCUT2D eigenvalue weighted by Crippen LogP contribution is 2.37. The third kappa shape index (κ3) is 6.44. The van der Waals surface area contributed by atoms with Crippen LogP contribution >= 0.6 is 0 Å². The number of carbonyl (C=O) groups excluding carboxylic acids is 1. The molecule has 1 aromatic rings. The number of nitrogens with zero attached hydrogens (tertiary/aromatic N) is 3. The number of hydrogen-bond donors (Lipinski definition) is 0. The Hall–Kier alpha value is -1.94. The number of piperazine rings is 1. The highest BCUT2D eigenvalue weighted by molar-refractivity contribution is 5.68. The van der Waals surface area contributed by atoms with Gasteiger partial charge < -0.3 is 9.64 Å². The Morgan fingerprint density at radius 3 is 2.23 bits per heavy atom. The van der Waals surface area contributed by atoms with Gasteiger partial charge in [0.2, 0.25) is 0 Å². The maximum absolute atomic E-state index is 14.2. The van der Waals surface area contributed by atoms with E-state index < -0.39 is 23.3 Å². The molecule has 3 saturated heterocycles. The van der Waals surface area contributed by atoms with Crippen LogP contribution in [0.4, 0.5) is 26.7 Å². The quantitative estimate of drug-likeness (QED) is 0.542. The number of benzene rings is 1. The number of amides is 1. The molecular weight excluding hydrogens is 469 g/mol. The molecule has 35 heavy (non-hydrogen) atoms. The van der Waals surface area contributed by atoms with Gasteiger partial charge in [-0.2, -0.15) is 13.2 Å². The second-order valence-corrected chi connectivity index (χ2v) is 11.1. The van der Waals surface area contributed by atoms with Gasteiger partial charge in [0.15, 0.2) is 0 Å². The third-order valence-electron chi connectivity index (χ3n) is 7.16. The minimum atomic E-state index is -4.40. The molecule has 3 heterocycles. The molecule has 2 unspecified atom stereocenters. The Kier molecular flexibility index (Phi) is 7.09. The topological polar surface area (TPSA) is 36.0 Å². The Balaban J connectivity index is 1.46. The van der Waals surface area contributed by atoms with Crippen molar-refractivity contribution in [3.8, 4) is 0 Å². The second-order valence-electron chi connectivity index (χ2n) is 11.1. The first-order valence-corrected chi connectivity index (χ1v) is 12.2. The summed E-state index contributed by atoms with van der Waals surface area (Å²) in [5.41, 5.74) is -0.524. The summed E-state index contributed by atoms with van der Waals surface area (Å²) in [5, 5.41) is 0. The van der Waals surface area contributed by atoms with Crippen LogP contribution in [0, 0.1) is 0 Å². The van der Waals surface area contributed by atoms with Crippen molar-refractivity contribution in [2.75, 3.05) is 32.7 Å². The summed E-state index contributed by atoms with van der Waals surface area (Å²) in [6, 6.07) is 4.91. The van der Waals surface area contributed by atoms with Crippen molar-refractivity contribution in [1.82, 2.24) is 14.7 Å². The predicted molar refractivity (Wildman–Crippen MR) is 121 cm³/mol. The molecule has 0 aromatic heterocycles. The molecule has 1 amide bonds. The average Bonchev–Trinajstić information content (AvgIpc) is 3.04. The third-order valence-corrected chi connectivity index (χ3v) is 7.16. The Bertz CT molecular complexity index is 892. The van der Waals surface area contributed by atoms with Crippen LogP contribution in [-0.2, 0) is 17.3 Å². The van der Waals surface area contributed by atoms with E-state index in [0.717, 1.165) is 17.7 Å². The van der Waals surface area contributed by atoms with Crippen molar-refractivity contribution in [2.24, 2.45) is 0 Å². The summed E-state index contributed by atoms with van der Waals surface area (Å²) in [6.45, 7) is 7.18. The van der Waals surface area contributed by atoms with Crippen molar-refractivity contribution in [3.05, 3.63) is 35.4 Å². The first-order valence-electron chi connectivity index (χ1n) is 12.2. The molecule has 10 heteroatoms. The molecule has 3 aliphatic rings. The van der Waals surface area contributed by atoms with Crippen LogP contribution in [0.3, 0.4) is 0 Å². The minimum Gasteiger partial charge on any atom is -0.444 e. The zero-order valence-corrected chi connectivity index (χ0v) is 20.5. The molecule has 0 aliphatic carbocycles. The number of alkyl halides is 5. The van der Waals surface area contributed by atoms with Crippen LogP contribution in [0.5, 0.6) is 0 Å². The molecule has 0 saturated carbocycles. The summed E-state index contributed by atoms with van der Waals surface area (Å²) < 4.78 is 72.7. The van der Waals surface area contributed by atoms with Crippen LogP contribution in [0.2, 0.25) is 0 Å². The van der Waals surface area contributed by atoms with Gasteiger partial charge in [0.25, 0.3) is 5.92 Å². The second kappa shape index (κ2) is 9.50.